The van der Waals surface area contributed by atoms with Crippen molar-refractivity contribution in [2.45, 2.75) is 38.8 Å². The van der Waals surface area contributed by atoms with E-state index in [1.165, 1.54) is 0 Å². The average Bonchev–Trinajstić information content (AvgIpc) is 3.11. The highest BCUT2D eigenvalue weighted by atomic mass is 16.2. The van der Waals surface area contributed by atoms with E-state index in [4.69, 9.17) is 0 Å². The first kappa shape index (κ1) is 12.9. The summed E-state index contributed by atoms with van der Waals surface area (Å²) in [7, 11) is 0. The Bertz CT molecular complexity index is 581. The van der Waals surface area contributed by atoms with Gasteiger partial charge < -0.3 is 4.90 Å². The van der Waals surface area contributed by atoms with Crippen LogP contribution in [0.4, 0.5) is 0 Å². The van der Waals surface area contributed by atoms with Crippen molar-refractivity contribution < 1.29 is 4.79 Å². The molecule has 4 nitrogen and oxygen atoms in total. The van der Waals surface area contributed by atoms with Gasteiger partial charge in [0.1, 0.15) is 0 Å². The van der Waals surface area contributed by atoms with Crippen LogP contribution in [0.3, 0.4) is 0 Å². The Morgan fingerprint density at radius 2 is 2.00 bits per heavy atom. The first-order valence-electron chi connectivity index (χ1n) is 7.09. The standard InChI is InChI=1S/C16H19N3O/c1-12(2)19(15-8-9-15)16(20)13-4-6-14(7-5-13)18-11-3-10-17-18/h3-7,10-12,15H,8-9H2,1-2H3. The Balaban J connectivity index is 1.81. The lowest BCUT2D eigenvalue weighted by atomic mass is 10.1. The summed E-state index contributed by atoms with van der Waals surface area (Å²) in [5.74, 6) is 0.134. The van der Waals surface area contributed by atoms with E-state index in [1.807, 2.05) is 41.4 Å². The molecule has 0 unspecified atom stereocenters. The summed E-state index contributed by atoms with van der Waals surface area (Å²) in [4.78, 5) is 14.6. The number of hydrogen-bond donors (Lipinski definition) is 0. The quantitative estimate of drug-likeness (QED) is 0.856. The molecular weight excluding hydrogens is 250 g/mol. The molecule has 4 heteroatoms. The van der Waals surface area contributed by atoms with Gasteiger partial charge in [0, 0.05) is 30.0 Å². The zero-order valence-electron chi connectivity index (χ0n) is 11.9. The summed E-state index contributed by atoms with van der Waals surface area (Å²) >= 11 is 0. The van der Waals surface area contributed by atoms with E-state index >= 15 is 0 Å². The molecule has 1 fully saturated rings. The third-order valence-corrected chi connectivity index (χ3v) is 3.61. The van der Waals surface area contributed by atoms with Gasteiger partial charge in [0.2, 0.25) is 0 Å². The number of aromatic nitrogens is 2. The van der Waals surface area contributed by atoms with Gasteiger partial charge in [-0.25, -0.2) is 4.68 Å². The minimum Gasteiger partial charge on any atom is -0.333 e. The molecule has 0 saturated heterocycles. The van der Waals surface area contributed by atoms with E-state index in [-0.39, 0.29) is 11.9 Å². The van der Waals surface area contributed by atoms with Gasteiger partial charge in [0.05, 0.1) is 5.69 Å². The zero-order valence-corrected chi connectivity index (χ0v) is 11.9. The van der Waals surface area contributed by atoms with Crippen molar-refractivity contribution in [2.24, 2.45) is 0 Å². The summed E-state index contributed by atoms with van der Waals surface area (Å²) in [6.45, 7) is 4.16. The molecule has 20 heavy (non-hydrogen) atoms. The van der Waals surface area contributed by atoms with E-state index in [9.17, 15) is 4.79 Å². The number of benzene rings is 1. The molecule has 1 aliphatic rings. The number of rotatable bonds is 4. The Morgan fingerprint density at radius 1 is 1.30 bits per heavy atom. The third-order valence-electron chi connectivity index (χ3n) is 3.61. The second kappa shape index (κ2) is 5.12. The molecule has 1 heterocycles. The minimum atomic E-state index is 0.134. The smallest absolute Gasteiger partial charge is 0.254 e. The summed E-state index contributed by atoms with van der Waals surface area (Å²) in [6.07, 6.45) is 5.90. The highest BCUT2D eigenvalue weighted by Gasteiger charge is 2.34. The molecule has 0 atom stereocenters. The maximum Gasteiger partial charge on any atom is 0.254 e. The van der Waals surface area contributed by atoms with Crippen LogP contribution in [0.5, 0.6) is 0 Å². The number of carbonyl (C=O) groups is 1. The molecule has 1 amide bonds. The van der Waals surface area contributed by atoms with Gasteiger partial charge in [-0.2, -0.15) is 5.10 Å². The molecule has 1 saturated carbocycles. The number of hydrogen-bond acceptors (Lipinski definition) is 2. The van der Waals surface area contributed by atoms with Crippen molar-refractivity contribution in [1.82, 2.24) is 14.7 Å². The Morgan fingerprint density at radius 3 is 2.50 bits per heavy atom. The predicted octanol–water partition coefficient (Wildman–Crippen LogP) is 2.89. The van der Waals surface area contributed by atoms with Crippen molar-refractivity contribution in [3.8, 4) is 5.69 Å². The van der Waals surface area contributed by atoms with Gasteiger partial charge in [0.25, 0.3) is 5.91 Å². The van der Waals surface area contributed by atoms with Gasteiger partial charge in [-0.15, -0.1) is 0 Å². The van der Waals surface area contributed by atoms with Gasteiger partial charge in [-0.05, 0) is 57.0 Å². The molecular formula is C16H19N3O. The first-order chi connectivity index (χ1) is 9.66. The van der Waals surface area contributed by atoms with Crippen LogP contribution in [0.2, 0.25) is 0 Å². The Hall–Kier alpha value is -2.10. The van der Waals surface area contributed by atoms with E-state index in [2.05, 4.69) is 18.9 Å². The fourth-order valence-electron chi connectivity index (χ4n) is 2.50. The molecule has 1 aromatic heterocycles. The number of carbonyl (C=O) groups excluding carboxylic acids is 1. The van der Waals surface area contributed by atoms with E-state index in [0.29, 0.717) is 6.04 Å². The lowest BCUT2D eigenvalue weighted by Gasteiger charge is -2.26. The molecule has 0 aliphatic heterocycles. The fraction of sp³-hybridized carbons (Fsp3) is 0.375. The second-order valence-electron chi connectivity index (χ2n) is 5.53. The number of nitrogens with zero attached hydrogens (tertiary/aromatic N) is 3. The van der Waals surface area contributed by atoms with E-state index in [0.717, 1.165) is 24.1 Å². The van der Waals surface area contributed by atoms with Crippen molar-refractivity contribution in [2.75, 3.05) is 0 Å². The molecule has 0 radical (unpaired) electrons. The third kappa shape index (κ3) is 2.46. The maximum absolute atomic E-state index is 12.6. The topological polar surface area (TPSA) is 38.1 Å². The van der Waals surface area contributed by atoms with E-state index < -0.39 is 0 Å². The van der Waals surface area contributed by atoms with Gasteiger partial charge >= 0.3 is 0 Å². The van der Waals surface area contributed by atoms with Crippen LogP contribution in [-0.2, 0) is 0 Å². The van der Waals surface area contributed by atoms with Crippen molar-refractivity contribution in [3.63, 3.8) is 0 Å². The van der Waals surface area contributed by atoms with Crippen molar-refractivity contribution >= 4 is 5.91 Å². The largest absolute Gasteiger partial charge is 0.333 e. The lowest BCUT2D eigenvalue weighted by molar-refractivity contribution is 0.0690. The summed E-state index contributed by atoms with van der Waals surface area (Å²) in [6, 6.07) is 10.2. The SMILES string of the molecule is CC(C)N(C(=O)c1ccc(-n2cccn2)cc1)C1CC1. The number of amides is 1. The highest BCUT2D eigenvalue weighted by Crippen LogP contribution is 2.30. The van der Waals surface area contributed by atoms with Crippen molar-refractivity contribution in [3.05, 3.63) is 48.3 Å². The fourth-order valence-corrected chi connectivity index (χ4v) is 2.50. The summed E-state index contributed by atoms with van der Waals surface area (Å²) in [5, 5.41) is 4.18. The van der Waals surface area contributed by atoms with E-state index in [1.54, 1.807) is 10.9 Å². The van der Waals surface area contributed by atoms with Crippen molar-refractivity contribution in [1.29, 1.82) is 0 Å². The molecule has 0 spiro atoms. The Kier molecular flexibility index (Phi) is 3.30. The molecule has 1 aromatic carbocycles. The van der Waals surface area contributed by atoms with Crippen LogP contribution in [0.15, 0.2) is 42.7 Å². The molecule has 0 bridgehead atoms. The second-order valence-corrected chi connectivity index (χ2v) is 5.53. The highest BCUT2D eigenvalue weighted by molar-refractivity contribution is 5.95. The molecule has 2 aromatic rings. The Labute approximate surface area is 119 Å². The average molecular weight is 269 g/mol. The monoisotopic (exact) mass is 269 g/mol. The van der Waals surface area contributed by atoms with Gasteiger partial charge in [0.15, 0.2) is 0 Å². The zero-order chi connectivity index (χ0) is 14.1. The molecule has 3 rings (SSSR count). The maximum atomic E-state index is 12.6. The van der Waals surface area contributed by atoms with Gasteiger partial charge in [-0.3, -0.25) is 4.79 Å². The summed E-state index contributed by atoms with van der Waals surface area (Å²) < 4.78 is 1.79. The van der Waals surface area contributed by atoms with Crippen LogP contribution in [0.25, 0.3) is 5.69 Å². The predicted molar refractivity (Wildman–Crippen MR) is 77.9 cm³/mol. The normalized spacial score (nSPS) is 14.6. The van der Waals surface area contributed by atoms with Crippen LogP contribution in [0.1, 0.15) is 37.0 Å². The lowest BCUT2D eigenvalue weighted by Crippen LogP contribution is -2.38. The molecule has 0 N–H and O–H groups in total. The van der Waals surface area contributed by atoms with Gasteiger partial charge in [-0.1, -0.05) is 0 Å². The molecule has 104 valence electrons. The molecule has 1 aliphatic carbocycles. The van der Waals surface area contributed by atoms with Crippen LogP contribution in [0, 0.1) is 0 Å². The summed E-state index contributed by atoms with van der Waals surface area (Å²) in [5.41, 5.74) is 1.72. The van der Waals surface area contributed by atoms with Crippen LogP contribution in [-0.4, -0.2) is 32.7 Å². The minimum absolute atomic E-state index is 0.134. The van der Waals surface area contributed by atoms with Crippen LogP contribution < -0.4 is 0 Å². The van der Waals surface area contributed by atoms with Crippen LogP contribution >= 0.6 is 0 Å². The first-order valence-corrected chi connectivity index (χ1v) is 7.09.